The number of aryl methyl sites for hydroxylation is 1. The lowest BCUT2D eigenvalue weighted by molar-refractivity contribution is 0.525. The highest BCUT2D eigenvalue weighted by Gasteiger charge is 2.14. The van der Waals surface area contributed by atoms with Crippen molar-refractivity contribution in [1.82, 2.24) is 5.32 Å². The summed E-state index contributed by atoms with van der Waals surface area (Å²) in [5.74, 6) is 0. The summed E-state index contributed by atoms with van der Waals surface area (Å²) in [6.45, 7) is 7.51. The van der Waals surface area contributed by atoms with E-state index in [1.807, 2.05) is 18.3 Å². The molecule has 0 fully saturated rings. The van der Waals surface area contributed by atoms with Crippen LogP contribution in [0.5, 0.6) is 0 Å². The molecule has 1 heterocycles. The molecule has 0 radical (unpaired) electrons. The predicted octanol–water partition coefficient (Wildman–Crippen LogP) is 6.59. The van der Waals surface area contributed by atoms with Crippen LogP contribution in [0.15, 0.2) is 28.7 Å². The van der Waals surface area contributed by atoms with Gasteiger partial charge in [0, 0.05) is 30.9 Å². The van der Waals surface area contributed by atoms with Crippen molar-refractivity contribution >= 4 is 38.9 Å². The fourth-order valence-electron chi connectivity index (χ4n) is 2.28. The molecule has 0 aliphatic heterocycles. The molecule has 2 aromatic rings. The second-order valence-electron chi connectivity index (χ2n) is 5.20. The first-order valence-corrected chi connectivity index (χ1v) is 9.34. The largest absolute Gasteiger partial charge is 0.309 e. The molecule has 0 saturated carbocycles. The molecule has 1 nitrogen and oxygen atoms in total. The highest BCUT2D eigenvalue weighted by atomic mass is 79.9. The molecule has 1 unspecified atom stereocenters. The van der Waals surface area contributed by atoms with Crippen molar-refractivity contribution in [3.05, 3.63) is 44.2 Å². The molecule has 0 aliphatic carbocycles. The minimum absolute atomic E-state index is 0.448. The van der Waals surface area contributed by atoms with Crippen molar-refractivity contribution in [3.8, 4) is 10.4 Å². The Morgan fingerprint density at radius 1 is 1.29 bits per heavy atom. The van der Waals surface area contributed by atoms with E-state index in [2.05, 4.69) is 59.4 Å². The molecule has 2 rings (SSSR count). The summed E-state index contributed by atoms with van der Waals surface area (Å²) in [6.07, 6.45) is 2.27. The van der Waals surface area contributed by atoms with Gasteiger partial charge in [-0.05, 0) is 56.1 Å². The molecule has 1 aromatic heterocycles. The van der Waals surface area contributed by atoms with E-state index in [1.165, 1.54) is 15.3 Å². The van der Waals surface area contributed by atoms with Crippen LogP contribution in [0.25, 0.3) is 10.4 Å². The lowest BCUT2D eigenvalue weighted by atomic mass is 10.1. The number of nitrogens with one attached hydrogen (secondary N) is 1. The standard InChI is InChI=1S/C17H21BrClNS/c1-4-8-20-15(5-2)17-7-6-16(21-17)12-10-14(19)11(3)9-13(12)18/h6-7,9-10,15,20H,4-5,8H2,1-3H3. The lowest BCUT2D eigenvalue weighted by Gasteiger charge is -2.14. The van der Waals surface area contributed by atoms with Gasteiger partial charge in [0.25, 0.3) is 0 Å². The van der Waals surface area contributed by atoms with Gasteiger partial charge in [0.1, 0.15) is 0 Å². The Morgan fingerprint density at radius 2 is 2.05 bits per heavy atom. The third-order valence-electron chi connectivity index (χ3n) is 3.53. The molecule has 0 aliphatic rings. The molecule has 0 spiro atoms. The summed E-state index contributed by atoms with van der Waals surface area (Å²) < 4.78 is 1.10. The minimum atomic E-state index is 0.448. The van der Waals surface area contributed by atoms with E-state index in [0.29, 0.717) is 6.04 Å². The smallest absolute Gasteiger partial charge is 0.0442 e. The first-order chi connectivity index (χ1) is 10.1. The van der Waals surface area contributed by atoms with Crippen LogP contribution in [0.1, 0.15) is 43.2 Å². The van der Waals surface area contributed by atoms with Crippen LogP contribution in [0, 0.1) is 6.92 Å². The normalized spacial score (nSPS) is 12.6. The molecule has 21 heavy (non-hydrogen) atoms. The molecule has 4 heteroatoms. The number of thiophene rings is 1. The topological polar surface area (TPSA) is 12.0 Å². The number of rotatable bonds is 6. The van der Waals surface area contributed by atoms with Gasteiger partial charge in [-0.25, -0.2) is 0 Å². The van der Waals surface area contributed by atoms with Crippen LogP contribution in [0.4, 0.5) is 0 Å². The quantitative estimate of drug-likeness (QED) is 0.590. The maximum atomic E-state index is 6.27. The van der Waals surface area contributed by atoms with E-state index in [1.54, 1.807) is 0 Å². The van der Waals surface area contributed by atoms with Crippen LogP contribution in [0.3, 0.4) is 0 Å². The van der Waals surface area contributed by atoms with Crippen molar-refractivity contribution in [2.24, 2.45) is 0 Å². The van der Waals surface area contributed by atoms with E-state index in [0.717, 1.165) is 34.4 Å². The number of hydrogen-bond donors (Lipinski definition) is 1. The fraction of sp³-hybridized carbons (Fsp3) is 0.412. The second-order valence-corrected chi connectivity index (χ2v) is 7.58. The lowest BCUT2D eigenvalue weighted by Crippen LogP contribution is -2.20. The first kappa shape index (κ1) is 17.0. The highest BCUT2D eigenvalue weighted by molar-refractivity contribution is 9.10. The third-order valence-corrected chi connectivity index (χ3v) is 5.83. The highest BCUT2D eigenvalue weighted by Crippen LogP contribution is 2.38. The zero-order valence-corrected chi connectivity index (χ0v) is 15.8. The van der Waals surface area contributed by atoms with E-state index in [9.17, 15) is 0 Å². The van der Waals surface area contributed by atoms with Gasteiger partial charge in [0.15, 0.2) is 0 Å². The second kappa shape index (κ2) is 7.77. The van der Waals surface area contributed by atoms with Crippen molar-refractivity contribution < 1.29 is 0 Å². The maximum Gasteiger partial charge on any atom is 0.0442 e. The van der Waals surface area contributed by atoms with Gasteiger partial charge in [0.05, 0.1) is 0 Å². The molecule has 0 bridgehead atoms. The van der Waals surface area contributed by atoms with Crippen LogP contribution in [0.2, 0.25) is 5.02 Å². The molecule has 0 saturated heterocycles. The summed E-state index contributed by atoms with van der Waals surface area (Å²) in [4.78, 5) is 2.65. The van der Waals surface area contributed by atoms with Crippen molar-refractivity contribution in [2.75, 3.05) is 6.54 Å². The summed E-state index contributed by atoms with van der Waals surface area (Å²) >= 11 is 11.8. The molecule has 1 aromatic carbocycles. The fourth-order valence-corrected chi connectivity index (χ4v) is 4.45. The summed E-state index contributed by atoms with van der Waals surface area (Å²) in [7, 11) is 0. The predicted molar refractivity (Wildman–Crippen MR) is 98.5 cm³/mol. The van der Waals surface area contributed by atoms with E-state index in [-0.39, 0.29) is 0 Å². The average Bonchev–Trinajstić information content (AvgIpc) is 2.93. The minimum Gasteiger partial charge on any atom is -0.309 e. The van der Waals surface area contributed by atoms with Crippen LogP contribution >= 0.6 is 38.9 Å². The Kier molecular flexibility index (Phi) is 6.30. The van der Waals surface area contributed by atoms with Gasteiger partial charge in [-0.3, -0.25) is 0 Å². The molecule has 0 amide bonds. The van der Waals surface area contributed by atoms with Gasteiger partial charge < -0.3 is 5.32 Å². The van der Waals surface area contributed by atoms with Crippen LogP contribution < -0.4 is 5.32 Å². The van der Waals surface area contributed by atoms with Crippen molar-refractivity contribution in [1.29, 1.82) is 0 Å². The maximum absolute atomic E-state index is 6.27. The van der Waals surface area contributed by atoms with E-state index < -0.39 is 0 Å². The van der Waals surface area contributed by atoms with Gasteiger partial charge in [0.2, 0.25) is 0 Å². The first-order valence-electron chi connectivity index (χ1n) is 7.35. The Bertz CT molecular complexity index is 609. The van der Waals surface area contributed by atoms with Crippen LogP contribution in [-0.2, 0) is 0 Å². The molecule has 114 valence electrons. The number of halogens is 2. The zero-order chi connectivity index (χ0) is 15.4. The summed E-state index contributed by atoms with van der Waals surface area (Å²) in [6, 6.07) is 9.02. The van der Waals surface area contributed by atoms with Gasteiger partial charge in [-0.1, -0.05) is 41.4 Å². The zero-order valence-electron chi connectivity index (χ0n) is 12.7. The Labute approximate surface area is 144 Å². The monoisotopic (exact) mass is 385 g/mol. The van der Waals surface area contributed by atoms with Gasteiger partial charge in [-0.15, -0.1) is 11.3 Å². The Balaban J connectivity index is 2.29. The molecule has 1 N–H and O–H groups in total. The SMILES string of the molecule is CCCNC(CC)c1ccc(-c2cc(Cl)c(C)cc2Br)s1. The van der Waals surface area contributed by atoms with Crippen molar-refractivity contribution in [2.45, 2.75) is 39.7 Å². The number of benzene rings is 1. The van der Waals surface area contributed by atoms with Gasteiger partial charge in [-0.2, -0.15) is 0 Å². The van der Waals surface area contributed by atoms with Crippen LogP contribution in [-0.4, -0.2) is 6.54 Å². The number of hydrogen-bond acceptors (Lipinski definition) is 2. The third kappa shape index (κ3) is 4.10. The molecular weight excluding hydrogens is 366 g/mol. The summed E-state index contributed by atoms with van der Waals surface area (Å²) in [5.41, 5.74) is 2.27. The van der Waals surface area contributed by atoms with Crippen molar-refractivity contribution in [3.63, 3.8) is 0 Å². The average molecular weight is 387 g/mol. The van der Waals surface area contributed by atoms with Gasteiger partial charge >= 0.3 is 0 Å². The molecular formula is C17H21BrClNS. The molecule has 1 atom stereocenters. The Hall–Kier alpha value is -0.350. The van der Waals surface area contributed by atoms with E-state index >= 15 is 0 Å². The Morgan fingerprint density at radius 3 is 2.71 bits per heavy atom. The van der Waals surface area contributed by atoms with E-state index in [4.69, 9.17) is 11.6 Å². The summed E-state index contributed by atoms with van der Waals surface area (Å²) in [5, 5.41) is 4.43.